The number of hydrogen-bond donors (Lipinski definition) is 0. The van der Waals surface area contributed by atoms with Crippen LogP contribution in [0.4, 0.5) is 0 Å². The summed E-state index contributed by atoms with van der Waals surface area (Å²) in [6.45, 7) is 4.58. The molecule has 0 saturated carbocycles. The van der Waals surface area contributed by atoms with Gasteiger partial charge in [0.15, 0.2) is 0 Å². The quantitative estimate of drug-likeness (QED) is 0.600. The van der Waals surface area contributed by atoms with Gasteiger partial charge < -0.3 is 0 Å². The van der Waals surface area contributed by atoms with Crippen molar-refractivity contribution >= 4 is 19.6 Å². The third-order valence-corrected chi connectivity index (χ3v) is 3.66. The van der Waals surface area contributed by atoms with Gasteiger partial charge in [0.25, 0.3) is 15.2 Å². The Morgan fingerprint density at radius 3 is 2.45 bits per heavy atom. The van der Waals surface area contributed by atoms with Crippen molar-refractivity contribution in [3.63, 3.8) is 0 Å². The zero-order valence-electron chi connectivity index (χ0n) is 7.25. The molecule has 0 aliphatic heterocycles. The van der Waals surface area contributed by atoms with Crippen LogP contribution >= 0.6 is 0 Å². The molecule has 0 N–H and O–H groups in total. The van der Waals surface area contributed by atoms with Crippen molar-refractivity contribution in [2.45, 2.75) is 19.1 Å². The fourth-order valence-electron chi connectivity index (χ4n) is 0.961. The minimum absolute atomic E-state index is 0. The first-order chi connectivity index (χ1) is 5.29. The second-order valence-electron chi connectivity index (χ2n) is 3.24. The second-order valence-corrected chi connectivity index (χ2v) is 4.79. The fraction of sp³-hybridized carbons (Fsp3) is 0.400. The van der Waals surface area contributed by atoms with E-state index in [9.17, 15) is 0 Å². The lowest BCUT2D eigenvalue weighted by atomic mass is 10.3. The summed E-state index contributed by atoms with van der Waals surface area (Å²) in [5.74, 6) is 0.852. The van der Waals surface area contributed by atoms with Gasteiger partial charge in [-0.1, -0.05) is 55.4 Å². The van der Waals surface area contributed by atoms with E-state index in [-0.39, 0.29) is 1.43 Å². The maximum atomic E-state index is 2.29. The van der Waals surface area contributed by atoms with Crippen molar-refractivity contribution in [3.8, 4) is 0 Å². The summed E-state index contributed by atoms with van der Waals surface area (Å²) >= 11 is 0.513. The Kier molecular flexibility index (Phi) is 3.69. The predicted molar refractivity (Wildman–Crippen MR) is 53.6 cm³/mol. The van der Waals surface area contributed by atoms with Crippen molar-refractivity contribution in [1.29, 1.82) is 0 Å². The van der Waals surface area contributed by atoms with Crippen molar-refractivity contribution in [3.05, 3.63) is 30.3 Å². The normalized spacial score (nSPS) is 10.1. The van der Waals surface area contributed by atoms with E-state index in [1.807, 2.05) is 0 Å². The standard InChI is InChI=1S/C6H5.C4H9.Al.H2/c1-2-4-6-5-3-1;1-4(2)3;;/h1-5H;4H,1H2,2-3H3;;1H. The van der Waals surface area contributed by atoms with E-state index < -0.39 is 0 Å². The van der Waals surface area contributed by atoms with Crippen LogP contribution in [-0.2, 0) is 0 Å². The Bertz CT molecular complexity index is 196. The summed E-state index contributed by atoms with van der Waals surface area (Å²) in [7, 11) is 0. The predicted octanol–water partition coefficient (Wildman–Crippen LogP) is 2.34. The monoisotopic (exact) mass is 163 g/mol. The SMILES string of the molecule is CC(C)[CH2][Al][c]1ccccc1.[HH]. The lowest BCUT2D eigenvalue weighted by Crippen LogP contribution is -2.14. The van der Waals surface area contributed by atoms with Crippen molar-refractivity contribution < 1.29 is 1.43 Å². The molecule has 11 heavy (non-hydrogen) atoms. The Balaban J connectivity index is 0.00000121. The highest BCUT2D eigenvalue weighted by atomic mass is 27.1. The first kappa shape index (κ1) is 8.85. The molecule has 0 unspecified atom stereocenters. The molecule has 0 aliphatic rings. The van der Waals surface area contributed by atoms with Crippen LogP contribution < -0.4 is 4.43 Å². The van der Waals surface area contributed by atoms with Gasteiger partial charge in [-0.3, -0.25) is 0 Å². The minimum Gasteiger partial charge on any atom is -0.124 e. The molecular formula is C10H16Al. The Hall–Kier alpha value is -0.248. The summed E-state index contributed by atoms with van der Waals surface area (Å²) in [6.07, 6.45) is 0. The van der Waals surface area contributed by atoms with Gasteiger partial charge in [-0.05, 0) is 0 Å². The molecule has 0 saturated heterocycles. The molecule has 1 heteroatoms. The minimum atomic E-state index is 0. The summed E-state index contributed by atoms with van der Waals surface area (Å²) in [5.41, 5.74) is 0. The summed E-state index contributed by atoms with van der Waals surface area (Å²) in [5, 5.41) is 1.38. The summed E-state index contributed by atoms with van der Waals surface area (Å²) < 4.78 is 1.54. The van der Waals surface area contributed by atoms with E-state index in [1.54, 1.807) is 4.43 Å². The molecule has 0 amide bonds. The molecule has 1 rings (SSSR count). The lowest BCUT2D eigenvalue weighted by Gasteiger charge is -2.01. The van der Waals surface area contributed by atoms with Gasteiger partial charge in [0, 0.05) is 1.43 Å². The molecule has 0 spiro atoms. The number of hydrogen-bond acceptors (Lipinski definition) is 0. The zero-order chi connectivity index (χ0) is 8.10. The van der Waals surface area contributed by atoms with Crippen molar-refractivity contribution in [1.82, 2.24) is 0 Å². The highest BCUT2D eigenvalue weighted by molar-refractivity contribution is 6.53. The molecule has 0 fully saturated rings. The average molecular weight is 163 g/mol. The summed E-state index contributed by atoms with van der Waals surface area (Å²) in [6, 6.07) is 10.8. The number of rotatable bonds is 3. The topological polar surface area (TPSA) is 0 Å². The van der Waals surface area contributed by atoms with E-state index >= 15 is 0 Å². The van der Waals surface area contributed by atoms with Gasteiger partial charge >= 0.3 is 0 Å². The second kappa shape index (κ2) is 4.59. The van der Waals surface area contributed by atoms with E-state index in [4.69, 9.17) is 0 Å². The Labute approximate surface area is 76.8 Å². The highest BCUT2D eigenvalue weighted by Gasteiger charge is 1.97. The Morgan fingerprint density at radius 2 is 1.91 bits per heavy atom. The number of benzene rings is 1. The Morgan fingerprint density at radius 1 is 1.27 bits per heavy atom. The molecule has 0 heterocycles. The smallest absolute Gasteiger partial charge is 0.124 e. The van der Waals surface area contributed by atoms with Crippen LogP contribution in [0.2, 0.25) is 5.28 Å². The molecular weight excluding hydrogens is 147 g/mol. The van der Waals surface area contributed by atoms with Gasteiger partial charge in [-0.15, -0.1) is 4.43 Å². The van der Waals surface area contributed by atoms with Gasteiger partial charge in [0.1, 0.15) is 0 Å². The van der Waals surface area contributed by atoms with Crippen LogP contribution in [0.15, 0.2) is 30.3 Å². The molecule has 0 atom stereocenters. The molecule has 1 aromatic rings. The van der Waals surface area contributed by atoms with Crippen molar-refractivity contribution in [2.24, 2.45) is 5.92 Å². The summed E-state index contributed by atoms with van der Waals surface area (Å²) in [4.78, 5) is 0. The first-order valence-electron chi connectivity index (χ1n) is 4.17. The lowest BCUT2D eigenvalue weighted by molar-refractivity contribution is 0.732. The third-order valence-electron chi connectivity index (χ3n) is 1.62. The van der Waals surface area contributed by atoms with E-state index in [2.05, 4.69) is 44.2 Å². The van der Waals surface area contributed by atoms with Gasteiger partial charge in [0.2, 0.25) is 0 Å². The van der Waals surface area contributed by atoms with Crippen LogP contribution in [-0.4, -0.2) is 15.2 Å². The van der Waals surface area contributed by atoms with E-state index in [0.29, 0.717) is 15.2 Å². The van der Waals surface area contributed by atoms with E-state index in [1.165, 1.54) is 5.28 Å². The molecule has 0 aliphatic carbocycles. The van der Waals surface area contributed by atoms with Gasteiger partial charge in [-0.2, -0.15) is 0 Å². The van der Waals surface area contributed by atoms with Crippen LogP contribution in [0.1, 0.15) is 15.3 Å². The van der Waals surface area contributed by atoms with E-state index in [0.717, 1.165) is 5.92 Å². The third kappa shape index (κ3) is 3.60. The molecule has 1 radical (unpaired) electrons. The zero-order valence-corrected chi connectivity index (χ0v) is 8.40. The fourth-order valence-corrected chi connectivity index (χ4v) is 2.20. The van der Waals surface area contributed by atoms with Gasteiger partial charge in [0.05, 0.1) is 0 Å². The largest absolute Gasteiger partial charge is 0.250 e. The van der Waals surface area contributed by atoms with Crippen LogP contribution in [0.5, 0.6) is 0 Å². The molecule has 59 valence electrons. The maximum absolute atomic E-state index is 2.29. The highest BCUT2D eigenvalue weighted by Crippen LogP contribution is 1.98. The van der Waals surface area contributed by atoms with Gasteiger partial charge in [-0.25, -0.2) is 0 Å². The maximum Gasteiger partial charge on any atom is 0.250 e. The molecule has 0 bridgehead atoms. The van der Waals surface area contributed by atoms with Crippen molar-refractivity contribution in [2.75, 3.05) is 0 Å². The average Bonchev–Trinajstić information content (AvgIpc) is 2.03. The van der Waals surface area contributed by atoms with Crippen LogP contribution in [0.25, 0.3) is 0 Å². The van der Waals surface area contributed by atoms with Crippen LogP contribution in [0, 0.1) is 5.92 Å². The molecule has 1 aromatic carbocycles. The first-order valence-corrected chi connectivity index (χ1v) is 5.56. The molecule has 0 nitrogen and oxygen atoms in total. The molecule has 0 aromatic heterocycles. The van der Waals surface area contributed by atoms with Crippen LogP contribution in [0.3, 0.4) is 0 Å².